The molecular weight excluding hydrogens is 272 g/mol. The molecule has 1 aromatic heterocycles. The monoisotopic (exact) mass is 294 g/mol. The highest BCUT2D eigenvalue weighted by Gasteiger charge is 2.35. The van der Waals surface area contributed by atoms with Crippen molar-refractivity contribution in [3.05, 3.63) is 16.1 Å². The molecule has 2 fully saturated rings. The summed E-state index contributed by atoms with van der Waals surface area (Å²) < 4.78 is 5.10. The van der Waals surface area contributed by atoms with Crippen LogP contribution in [0.25, 0.3) is 0 Å². The fraction of sp³-hybridized carbons (Fsp3) is 0.733. The largest absolute Gasteiger partial charge is 0.464 e. The molecule has 2 unspecified atom stereocenters. The minimum absolute atomic E-state index is 0.0117. The molecule has 2 aliphatic rings. The standard InChI is InChI=1S/C15H22N2O2S/c1-10(2)12-9-20-14(16-12)11-4-3-6-17(8-11)13-5-7-19-15(13)18/h9-11,13H,3-8H2,1-2H3. The van der Waals surface area contributed by atoms with E-state index in [1.54, 1.807) is 11.3 Å². The first kappa shape index (κ1) is 14.0. The van der Waals surface area contributed by atoms with Gasteiger partial charge in [-0.3, -0.25) is 9.69 Å². The van der Waals surface area contributed by atoms with E-state index in [0.29, 0.717) is 18.4 Å². The van der Waals surface area contributed by atoms with Crippen LogP contribution >= 0.6 is 11.3 Å². The van der Waals surface area contributed by atoms with Crippen molar-refractivity contribution in [3.63, 3.8) is 0 Å². The summed E-state index contributed by atoms with van der Waals surface area (Å²) >= 11 is 1.78. The summed E-state index contributed by atoms with van der Waals surface area (Å²) in [5.41, 5.74) is 1.20. The maximum atomic E-state index is 11.7. The highest BCUT2D eigenvalue weighted by atomic mass is 32.1. The number of thiazole rings is 1. The number of nitrogens with zero attached hydrogens (tertiary/aromatic N) is 2. The highest BCUT2D eigenvalue weighted by molar-refractivity contribution is 7.09. The fourth-order valence-corrected chi connectivity index (χ4v) is 4.17. The molecule has 2 saturated heterocycles. The Labute approximate surface area is 124 Å². The molecule has 0 aromatic carbocycles. The number of carbonyl (C=O) groups is 1. The smallest absolute Gasteiger partial charge is 0.323 e. The lowest BCUT2D eigenvalue weighted by Gasteiger charge is -2.34. The molecule has 0 bridgehead atoms. The van der Waals surface area contributed by atoms with Gasteiger partial charge >= 0.3 is 5.97 Å². The number of carbonyl (C=O) groups excluding carboxylic acids is 1. The van der Waals surface area contributed by atoms with Crippen LogP contribution < -0.4 is 0 Å². The van der Waals surface area contributed by atoms with Gasteiger partial charge < -0.3 is 4.74 Å². The normalized spacial score (nSPS) is 28.1. The summed E-state index contributed by atoms with van der Waals surface area (Å²) in [6.07, 6.45) is 3.18. The molecule has 4 nitrogen and oxygen atoms in total. The number of ether oxygens (including phenoxy) is 1. The van der Waals surface area contributed by atoms with Crippen LogP contribution in [0.3, 0.4) is 0 Å². The van der Waals surface area contributed by atoms with Crippen molar-refractivity contribution in [1.82, 2.24) is 9.88 Å². The van der Waals surface area contributed by atoms with E-state index < -0.39 is 0 Å². The Kier molecular flexibility index (Phi) is 4.08. The van der Waals surface area contributed by atoms with Gasteiger partial charge in [0.05, 0.1) is 17.3 Å². The lowest BCUT2D eigenvalue weighted by atomic mass is 9.97. The van der Waals surface area contributed by atoms with Crippen LogP contribution in [0.5, 0.6) is 0 Å². The van der Waals surface area contributed by atoms with Gasteiger partial charge in [-0.1, -0.05) is 13.8 Å². The van der Waals surface area contributed by atoms with Gasteiger partial charge in [0.15, 0.2) is 0 Å². The van der Waals surface area contributed by atoms with Crippen LogP contribution in [0, 0.1) is 0 Å². The van der Waals surface area contributed by atoms with Crippen molar-refractivity contribution in [1.29, 1.82) is 0 Å². The van der Waals surface area contributed by atoms with E-state index in [9.17, 15) is 4.79 Å². The Balaban J connectivity index is 1.69. The van der Waals surface area contributed by atoms with Gasteiger partial charge in [0, 0.05) is 24.3 Å². The van der Waals surface area contributed by atoms with Gasteiger partial charge in [-0.05, 0) is 25.3 Å². The van der Waals surface area contributed by atoms with Crippen molar-refractivity contribution in [2.24, 2.45) is 0 Å². The lowest BCUT2D eigenvalue weighted by Crippen LogP contribution is -2.44. The molecule has 2 aliphatic heterocycles. The van der Waals surface area contributed by atoms with Crippen LogP contribution in [-0.2, 0) is 9.53 Å². The fourth-order valence-electron chi connectivity index (χ4n) is 3.06. The average molecular weight is 294 g/mol. The minimum atomic E-state index is -0.0346. The molecule has 110 valence electrons. The summed E-state index contributed by atoms with van der Waals surface area (Å²) in [7, 11) is 0. The van der Waals surface area contributed by atoms with Gasteiger partial charge in [0.1, 0.15) is 6.04 Å². The Morgan fingerprint density at radius 3 is 2.95 bits per heavy atom. The third-order valence-corrected chi connectivity index (χ3v) is 5.31. The molecule has 1 aromatic rings. The topological polar surface area (TPSA) is 42.4 Å². The molecule has 0 saturated carbocycles. The first-order chi connectivity index (χ1) is 9.65. The second-order valence-corrected chi connectivity index (χ2v) is 6.96. The van der Waals surface area contributed by atoms with Crippen LogP contribution in [0.1, 0.15) is 55.6 Å². The maximum Gasteiger partial charge on any atom is 0.323 e. The van der Waals surface area contributed by atoms with Crippen molar-refractivity contribution in [3.8, 4) is 0 Å². The van der Waals surface area contributed by atoms with Crippen molar-refractivity contribution in [2.45, 2.75) is 51.0 Å². The van der Waals surface area contributed by atoms with Crippen molar-refractivity contribution in [2.75, 3.05) is 19.7 Å². The lowest BCUT2D eigenvalue weighted by molar-refractivity contribution is -0.142. The molecule has 5 heteroatoms. The quantitative estimate of drug-likeness (QED) is 0.804. The van der Waals surface area contributed by atoms with Crippen molar-refractivity contribution < 1.29 is 9.53 Å². The molecule has 2 atom stereocenters. The molecule has 0 radical (unpaired) electrons. The predicted octanol–water partition coefficient (Wildman–Crippen LogP) is 2.76. The number of esters is 1. The third-order valence-electron chi connectivity index (χ3n) is 4.28. The van der Waals surface area contributed by atoms with Crippen LogP contribution in [0.15, 0.2) is 5.38 Å². The Bertz CT molecular complexity index is 486. The Hall–Kier alpha value is -0.940. The zero-order chi connectivity index (χ0) is 14.1. The number of hydrogen-bond acceptors (Lipinski definition) is 5. The second-order valence-electron chi connectivity index (χ2n) is 6.07. The molecule has 0 spiro atoms. The number of rotatable bonds is 3. The molecule has 3 heterocycles. The minimum Gasteiger partial charge on any atom is -0.464 e. The number of hydrogen-bond donors (Lipinski definition) is 0. The summed E-state index contributed by atoms with van der Waals surface area (Å²) in [5, 5.41) is 3.42. The molecule has 0 amide bonds. The van der Waals surface area contributed by atoms with Gasteiger partial charge in [0.2, 0.25) is 0 Å². The molecule has 0 aliphatic carbocycles. The SMILES string of the molecule is CC(C)c1csc(C2CCCN(C3CCOC3=O)C2)n1. The van der Waals surface area contributed by atoms with E-state index >= 15 is 0 Å². The summed E-state index contributed by atoms with van der Waals surface area (Å²) in [6, 6.07) is -0.0117. The average Bonchev–Trinajstić information content (AvgIpc) is 3.07. The molecule has 20 heavy (non-hydrogen) atoms. The highest BCUT2D eigenvalue weighted by Crippen LogP contribution is 2.32. The first-order valence-electron chi connectivity index (χ1n) is 7.51. The summed E-state index contributed by atoms with van der Waals surface area (Å²) in [4.78, 5) is 18.8. The predicted molar refractivity (Wildman–Crippen MR) is 79.1 cm³/mol. The zero-order valence-electron chi connectivity index (χ0n) is 12.2. The Morgan fingerprint density at radius 2 is 2.30 bits per heavy atom. The maximum absolute atomic E-state index is 11.7. The third kappa shape index (κ3) is 2.74. The van der Waals surface area contributed by atoms with E-state index in [1.807, 2.05) is 0 Å². The van der Waals surface area contributed by atoms with E-state index in [-0.39, 0.29) is 12.0 Å². The molecular formula is C15H22N2O2S. The van der Waals surface area contributed by atoms with E-state index in [4.69, 9.17) is 9.72 Å². The first-order valence-corrected chi connectivity index (χ1v) is 8.39. The van der Waals surface area contributed by atoms with Gasteiger partial charge in [0.25, 0.3) is 0 Å². The van der Waals surface area contributed by atoms with E-state index in [0.717, 1.165) is 25.9 Å². The second kappa shape index (κ2) is 5.82. The van der Waals surface area contributed by atoms with Crippen LogP contribution in [-0.4, -0.2) is 41.6 Å². The van der Waals surface area contributed by atoms with E-state index in [2.05, 4.69) is 24.1 Å². The zero-order valence-corrected chi connectivity index (χ0v) is 13.0. The summed E-state index contributed by atoms with van der Waals surface area (Å²) in [6.45, 7) is 6.91. The summed E-state index contributed by atoms with van der Waals surface area (Å²) in [5.74, 6) is 0.937. The molecule has 0 N–H and O–H groups in total. The van der Waals surface area contributed by atoms with Crippen LogP contribution in [0.2, 0.25) is 0 Å². The van der Waals surface area contributed by atoms with E-state index in [1.165, 1.54) is 17.1 Å². The van der Waals surface area contributed by atoms with Crippen LogP contribution in [0.4, 0.5) is 0 Å². The number of cyclic esters (lactones) is 1. The molecule has 3 rings (SSSR count). The van der Waals surface area contributed by atoms with Gasteiger partial charge in [-0.25, -0.2) is 4.98 Å². The van der Waals surface area contributed by atoms with Gasteiger partial charge in [-0.2, -0.15) is 0 Å². The van der Waals surface area contributed by atoms with Gasteiger partial charge in [-0.15, -0.1) is 11.3 Å². The Morgan fingerprint density at radius 1 is 1.45 bits per heavy atom. The number of aromatic nitrogens is 1. The number of likely N-dealkylation sites (tertiary alicyclic amines) is 1. The number of piperidine rings is 1. The van der Waals surface area contributed by atoms with Crippen molar-refractivity contribution >= 4 is 17.3 Å².